The predicted octanol–water partition coefficient (Wildman–Crippen LogP) is 1.84. The highest BCUT2D eigenvalue weighted by atomic mass is 16.5. The average molecular weight is 333 g/mol. The van der Waals surface area contributed by atoms with Gasteiger partial charge in [-0.2, -0.15) is 0 Å². The quantitative estimate of drug-likeness (QED) is 0.589. The van der Waals surface area contributed by atoms with Crippen molar-refractivity contribution in [2.45, 2.75) is 26.9 Å². The van der Waals surface area contributed by atoms with E-state index >= 15 is 0 Å². The van der Waals surface area contributed by atoms with Crippen LogP contribution in [0.1, 0.15) is 20.8 Å². The Bertz CT molecular complexity index is 507. The normalized spacial score (nSPS) is 17.2. The summed E-state index contributed by atoms with van der Waals surface area (Å²) in [6, 6.07) is 7.76. The smallest absolute Gasteiger partial charge is 0.193 e. The van der Waals surface area contributed by atoms with Crippen LogP contribution in [-0.4, -0.2) is 67.7 Å². The van der Waals surface area contributed by atoms with Crippen LogP contribution in [0.3, 0.4) is 0 Å². The second kappa shape index (κ2) is 9.49. The molecule has 0 amide bonds. The van der Waals surface area contributed by atoms with Crippen molar-refractivity contribution in [1.29, 1.82) is 0 Å². The van der Waals surface area contributed by atoms with E-state index in [2.05, 4.69) is 27.0 Å². The van der Waals surface area contributed by atoms with Gasteiger partial charge in [-0.25, -0.2) is 0 Å². The second-order valence-electron chi connectivity index (χ2n) is 6.36. The van der Waals surface area contributed by atoms with Gasteiger partial charge in [0, 0.05) is 38.4 Å². The van der Waals surface area contributed by atoms with Crippen molar-refractivity contribution in [3.63, 3.8) is 0 Å². The van der Waals surface area contributed by atoms with Crippen LogP contribution in [0.2, 0.25) is 0 Å². The molecular weight excluding hydrogens is 302 g/mol. The zero-order chi connectivity index (χ0) is 17.4. The van der Waals surface area contributed by atoms with Crippen molar-refractivity contribution in [2.24, 2.45) is 10.7 Å². The molecule has 2 rings (SSSR count). The molecule has 134 valence electrons. The Labute approximate surface area is 145 Å². The molecule has 1 saturated heterocycles. The van der Waals surface area contributed by atoms with Crippen molar-refractivity contribution in [1.82, 2.24) is 9.80 Å². The van der Waals surface area contributed by atoms with Gasteiger partial charge in [-0.1, -0.05) is 6.92 Å². The number of likely N-dealkylation sites (N-methyl/N-ethyl adjacent to an activating group) is 1. The van der Waals surface area contributed by atoms with E-state index in [4.69, 9.17) is 10.5 Å². The topological polar surface area (TPSA) is 66.1 Å². The van der Waals surface area contributed by atoms with E-state index in [-0.39, 0.29) is 6.10 Å². The van der Waals surface area contributed by atoms with E-state index in [9.17, 15) is 0 Å². The highest BCUT2D eigenvalue weighted by Crippen LogP contribution is 2.16. The van der Waals surface area contributed by atoms with Crippen LogP contribution in [0.15, 0.2) is 29.3 Å². The Morgan fingerprint density at radius 1 is 1.17 bits per heavy atom. The summed E-state index contributed by atoms with van der Waals surface area (Å²) >= 11 is 0. The van der Waals surface area contributed by atoms with Crippen LogP contribution < -0.4 is 15.8 Å². The summed E-state index contributed by atoms with van der Waals surface area (Å²) in [7, 11) is 0. The Balaban J connectivity index is 1.71. The molecule has 6 heteroatoms. The summed E-state index contributed by atoms with van der Waals surface area (Å²) in [4.78, 5) is 9.34. The van der Waals surface area contributed by atoms with Gasteiger partial charge in [-0.15, -0.1) is 0 Å². The lowest BCUT2D eigenvalue weighted by molar-refractivity contribution is 0.140. The minimum absolute atomic E-state index is 0.176. The molecular formula is C18H31N5O. The minimum atomic E-state index is 0.176. The van der Waals surface area contributed by atoms with Crippen LogP contribution in [-0.2, 0) is 0 Å². The lowest BCUT2D eigenvalue weighted by Crippen LogP contribution is -2.46. The highest BCUT2D eigenvalue weighted by Gasteiger charge is 2.14. The van der Waals surface area contributed by atoms with Gasteiger partial charge in [0.05, 0.1) is 12.6 Å². The fourth-order valence-corrected chi connectivity index (χ4v) is 2.72. The maximum absolute atomic E-state index is 5.96. The van der Waals surface area contributed by atoms with Gasteiger partial charge in [0.25, 0.3) is 0 Å². The monoisotopic (exact) mass is 333 g/mol. The number of nitrogens with one attached hydrogen (secondary N) is 1. The third kappa shape index (κ3) is 6.37. The molecule has 6 nitrogen and oxygen atoms in total. The number of benzene rings is 1. The molecule has 0 saturated carbocycles. The maximum atomic E-state index is 5.96. The molecule has 0 aliphatic carbocycles. The number of guanidine groups is 1. The van der Waals surface area contributed by atoms with Crippen LogP contribution in [0, 0.1) is 0 Å². The standard InChI is InChI=1S/C18H31N5O/c1-4-22-11-13-23(14-12-22)10-9-20-18(19)21-16-5-7-17(8-6-16)24-15(2)3/h5-8,15H,4,9-14H2,1-3H3,(H3,19,20,21). The number of nitrogens with two attached hydrogens (primary N) is 1. The third-order valence-corrected chi connectivity index (χ3v) is 4.11. The van der Waals surface area contributed by atoms with E-state index in [0.29, 0.717) is 5.96 Å². The van der Waals surface area contributed by atoms with Crippen molar-refractivity contribution < 1.29 is 4.74 Å². The maximum Gasteiger partial charge on any atom is 0.193 e. The van der Waals surface area contributed by atoms with E-state index in [1.165, 1.54) is 0 Å². The summed E-state index contributed by atoms with van der Waals surface area (Å²) < 4.78 is 5.62. The first kappa shape index (κ1) is 18.5. The zero-order valence-corrected chi connectivity index (χ0v) is 15.2. The molecule has 1 aromatic rings. The molecule has 0 radical (unpaired) electrons. The fourth-order valence-electron chi connectivity index (χ4n) is 2.72. The largest absolute Gasteiger partial charge is 0.491 e. The summed E-state index contributed by atoms with van der Waals surface area (Å²) in [6.07, 6.45) is 0.176. The van der Waals surface area contributed by atoms with Crippen molar-refractivity contribution in [2.75, 3.05) is 51.1 Å². The van der Waals surface area contributed by atoms with Crippen LogP contribution in [0.25, 0.3) is 0 Å². The Hall–Kier alpha value is -1.79. The predicted molar refractivity (Wildman–Crippen MR) is 101 cm³/mol. The Morgan fingerprint density at radius 3 is 2.38 bits per heavy atom. The first-order chi connectivity index (χ1) is 11.6. The molecule has 3 N–H and O–H groups in total. The Morgan fingerprint density at radius 2 is 1.79 bits per heavy atom. The highest BCUT2D eigenvalue weighted by molar-refractivity contribution is 5.92. The summed E-state index contributed by atoms with van der Waals surface area (Å²) in [5.41, 5.74) is 6.88. The number of ether oxygens (including phenoxy) is 1. The summed E-state index contributed by atoms with van der Waals surface area (Å²) in [6.45, 7) is 13.6. The van der Waals surface area contributed by atoms with E-state index in [1.807, 2.05) is 38.1 Å². The molecule has 0 unspecified atom stereocenters. The van der Waals surface area contributed by atoms with Gasteiger partial charge in [0.1, 0.15) is 5.75 Å². The summed E-state index contributed by atoms with van der Waals surface area (Å²) in [5, 5.41) is 3.12. The van der Waals surface area contributed by atoms with E-state index in [1.54, 1.807) is 0 Å². The fraction of sp³-hybridized carbons (Fsp3) is 0.611. The third-order valence-electron chi connectivity index (χ3n) is 4.11. The van der Waals surface area contributed by atoms with Gasteiger partial charge in [-0.05, 0) is 44.7 Å². The molecule has 1 aliphatic heterocycles. The Kier molecular flexibility index (Phi) is 7.34. The number of nitrogens with zero attached hydrogens (tertiary/aromatic N) is 3. The molecule has 1 aromatic carbocycles. The number of anilines is 1. The summed E-state index contributed by atoms with van der Waals surface area (Å²) in [5.74, 6) is 1.32. The van der Waals surface area contributed by atoms with Gasteiger partial charge in [0.2, 0.25) is 0 Å². The van der Waals surface area contributed by atoms with Gasteiger partial charge < -0.3 is 20.7 Å². The van der Waals surface area contributed by atoms with Crippen LogP contribution in [0.5, 0.6) is 5.75 Å². The van der Waals surface area contributed by atoms with Crippen molar-refractivity contribution in [3.8, 4) is 5.75 Å². The number of piperazine rings is 1. The van der Waals surface area contributed by atoms with Crippen molar-refractivity contribution >= 4 is 11.6 Å². The first-order valence-corrected chi connectivity index (χ1v) is 8.85. The molecule has 24 heavy (non-hydrogen) atoms. The molecule has 1 aliphatic rings. The SMILES string of the molecule is CCN1CCN(CCN=C(N)Nc2ccc(OC(C)C)cc2)CC1. The van der Waals surface area contributed by atoms with Gasteiger partial charge in [0.15, 0.2) is 5.96 Å². The number of aliphatic imine (C=N–C) groups is 1. The number of hydrogen-bond donors (Lipinski definition) is 2. The average Bonchev–Trinajstić information content (AvgIpc) is 2.57. The molecule has 1 fully saturated rings. The van der Waals surface area contributed by atoms with Crippen LogP contribution >= 0.6 is 0 Å². The lowest BCUT2D eigenvalue weighted by Gasteiger charge is -2.33. The molecule has 0 aromatic heterocycles. The van der Waals surface area contributed by atoms with Crippen LogP contribution in [0.4, 0.5) is 5.69 Å². The van der Waals surface area contributed by atoms with Gasteiger partial charge in [-0.3, -0.25) is 9.89 Å². The lowest BCUT2D eigenvalue weighted by atomic mass is 10.3. The molecule has 0 spiro atoms. The first-order valence-electron chi connectivity index (χ1n) is 8.85. The second-order valence-corrected chi connectivity index (χ2v) is 6.36. The zero-order valence-electron chi connectivity index (χ0n) is 15.2. The van der Waals surface area contributed by atoms with E-state index in [0.717, 1.165) is 57.3 Å². The molecule has 0 bridgehead atoms. The number of hydrogen-bond acceptors (Lipinski definition) is 4. The molecule has 1 heterocycles. The number of rotatable bonds is 7. The van der Waals surface area contributed by atoms with Crippen molar-refractivity contribution in [3.05, 3.63) is 24.3 Å². The minimum Gasteiger partial charge on any atom is -0.491 e. The van der Waals surface area contributed by atoms with Gasteiger partial charge >= 0.3 is 0 Å². The molecule has 0 atom stereocenters. The van der Waals surface area contributed by atoms with E-state index < -0.39 is 0 Å².